The van der Waals surface area contributed by atoms with Crippen LogP contribution in [-0.4, -0.2) is 80.3 Å². The Labute approximate surface area is 304 Å². The van der Waals surface area contributed by atoms with Crippen LogP contribution in [0.1, 0.15) is 42.0 Å². The Morgan fingerprint density at radius 3 is 1.96 bits per heavy atom. The van der Waals surface area contributed by atoms with Crippen LogP contribution in [0.4, 0.5) is 26.7 Å². The lowest BCUT2D eigenvalue weighted by molar-refractivity contribution is -0.138. The molecule has 0 spiro atoms. The second kappa shape index (κ2) is 17.8. The highest BCUT2D eigenvalue weighted by atomic mass is 35.5. The number of piperidine rings is 1. The van der Waals surface area contributed by atoms with Crippen molar-refractivity contribution in [1.29, 1.82) is 0 Å². The van der Waals surface area contributed by atoms with E-state index in [0.29, 0.717) is 57.4 Å². The number of likely N-dealkylation sites (tertiary alicyclic amines) is 1. The van der Waals surface area contributed by atoms with E-state index in [-0.39, 0.29) is 48.7 Å². The standard InChI is InChI=1S/C35H35F5N4O5.2ClH/c1-48-20-28-30(33(46)49-2)32(29-26(38)12-13-27(39)31(29)40)41-34(47)44(28)43(21-45)17-3-16-42-18-14-35(15-19-42,22-4-8-24(36)9-5-22)23-6-10-25(37)11-7-23;;/h4-13,21,32H,3,14-20H2,1-2H3,(H,41,47);2*1H. The van der Waals surface area contributed by atoms with Gasteiger partial charge >= 0.3 is 12.0 Å². The molecule has 1 atom stereocenters. The van der Waals surface area contributed by atoms with Gasteiger partial charge in [-0.2, -0.15) is 0 Å². The maximum atomic E-state index is 14.9. The molecule has 3 aromatic rings. The van der Waals surface area contributed by atoms with Crippen LogP contribution < -0.4 is 5.32 Å². The summed E-state index contributed by atoms with van der Waals surface area (Å²) in [5.41, 5.74) is -0.230. The molecule has 276 valence electrons. The molecule has 1 N–H and O–H groups in total. The normalized spacial score (nSPS) is 17.2. The second-order valence-electron chi connectivity index (χ2n) is 11.8. The van der Waals surface area contributed by atoms with E-state index in [9.17, 15) is 36.3 Å². The summed E-state index contributed by atoms with van der Waals surface area (Å²) in [6.07, 6.45) is 2.03. The van der Waals surface area contributed by atoms with E-state index >= 15 is 0 Å². The van der Waals surface area contributed by atoms with Crippen LogP contribution in [0, 0.1) is 29.1 Å². The monoisotopic (exact) mass is 758 g/mol. The first kappa shape index (κ1) is 41.2. The number of hydrogen-bond donors (Lipinski definition) is 1. The van der Waals surface area contributed by atoms with Gasteiger partial charge in [0.25, 0.3) is 0 Å². The minimum absolute atomic E-state index is 0. The first-order valence-corrected chi connectivity index (χ1v) is 15.5. The number of nitrogens with one attached hydrogen (secondary N) is 1. The van der Waals surface area contributed by atoms with Gasteiger partial charge in [0.05, 0.1) is 36.6 Å². The van der Waals surface area contributed by atoms with Crippen molar-refractivity contribution in [2.24, 2.45) is 0 Å². The molecule has 0 bridgehead atoms. The van der Waals surface area contributed by atoms with E-state index in [1.807, 2.05) is 0 Å². The van der Waals surface area contributed by atoms with E-state index in [1.165, 1.54) is 31.4 Å². The third kappa shape index (κ3) is 8.46. The Bertz CT molecular complexity index is 1680. The second-order valence-corrected chi connectivity index (χ2v) is 11.8. The van der Waals surface area contributed by atoms with Crippen LogP contribution in [0.2, 0.25) is 0 Å². The number of hydrogen-bond acceptors (Lipinski definition) is 6. The predicted molar refractivity (Wildman–Crippen MR) is 181 cm³/mol. The lowest BCUT2D eigenvalue weighted by Gasteiger charge is -2.43. The van der Waals surface area contributed by atoms with E-state index in [2.05, 4.69) is 10.2 Å². The van der Waals surface area contributed by atoms with E-state index in [0.717, 1.165) is 28.3 Å². The van der Waals surface area contributed by atoms with Crippen molar-refractivity contribution < 1.29 is 45.8 Å². The molecular formula is C35H37Cl2F5N4O5. The Morgan fingerprint density at radius 1 is 0.902 bits per heavy atom. The Morgan fingerprint density at radius 2 is 1.45 bits per heavy atom. The third-order valence-corrected chi connectivity index (χ3v) is 9.11. The summed E-state index contributed by atoms with van der Waals surface area (Å²) in [5.74, 6) is -6.02. The number of urea groups is 1. The van der Waals surface area contributed by atoms with Crippen LogP contribution >= 0.6 is 24.8 Å². The van der Waals surface area contributed by atoms with Crippen molar-refractivity contribution in [2.75, 3.05) is 47.0 Å². The van der Waals surface area contributed by atoms with Crippen LogP contribution in [0.15, 0.2) is 71.9 Å². The summed E-state index contributed by atoms with van der Waals surface area (Å²) in [4.78, 5) is 41.0. The number of amides is 3. The van der Waals surface area contributed by atoms with Crippen molar-refractivity contribution in [3.05, 3.63) is 118 Å². The van der Waals surface area contributed by atoms with Gasteiger partial charge in [-0.3, -0.25) is 4.79 Å². The minimum Gasteiger partial charge on any atom is -0.466 e. The first-order valence-electron chi connectivity index (χ1n) is 15.5. The molecule has 16 heteroatoms. The largest absolute Gasteiger partial charge is 0.466 e. The molecule has 1 saturated heterocycles. The van der Waals surface area contributed by atoms with Crippen LogP contribution in [0.3, 0.4) is 0 Å². The Balaban J connectivity index is 0.00000351. The van der Waals surface area contributed by atoms with E-state index < -0.39 is 58.7 Å². The Hall–Kier alpha value is -4.24. The molecule has 51 heavy (non-hydrogen) atoms. The molecular weight excluding hydrogens is 722 g/mol. The zero-order valence-electron chi connectivity index (χ0n) is 27.7. The topological polar surface area (TPSA) is 91.4 Å². The molecule has 9 nitrogen and oxygen atoms in total. The lowest BCUT2D eigenvalue weighted by Crippen LogP contribution is -2.56. The molecule has 3 aromatic carbocycles. The maximum Gasteiger partial charge on any atom is 0.341 e. The van der Waals surface area contributed by atoms with Crippen molar-refractivity contribution in [3.63, 3.8) is 0 Å². The van der Waals surface area contributed by atoms with Gasteiger partial charge in [0.2, 0.25) is 6.41 Å². The van der Waals surface area contributed by atoms with Gasteiger partial charge in [-0.15, -0.1) is 24.8 Å². The highest BCUT2D eigenvalue weighted by molar-refractivity contribution is 5.95. The van der Waals surface area contributed by atoms with Crippen molar-refractivity contribution >= 4 is 43.2 Å². The number of carbonyl (C=O) groups is 3. The van der Waals surface area contributed by atoms with Gasteiger partial charge < -0.3 is 19.7 Å². The van der Waals surface area contributed by atoms with Crippen LogP contribution in [0.25, 0.3) is 0 Å². The molecule has 0 aliphatic carbocycles. The van der Waals surface area contributed by atoms with Crippen molar-refractivity contribution in [1.82, 2.24) is 20.2 Å². The Kier molecular flexibility index (Phi) is 14.4. The molecule has 5 rings (SSSR count). The summed E-state index contributed by atoms with van der Waals surface area (Å²) < 4.78 is 81.5. The zero-order chi connectivity index (χ0) is 35.3. The SMILES string of the molecule is COCC1=C(C(=O)OC)C(c2c(F)ccc(F)c2F)NC(=O)N1N(C=O)CCCN1CCC(c2ccc(F)cc2)(c2ccc(F)cc2)CC1.Cl.Cl. The number of hydrazine groups is 1. The third-order valence-electron chi connectivity index (χ3n) is 9.11. The summed E-state index contributed by atoms with van der Waals surface area (Å²) in [5, 5.41) is 4.17. The fraction of sp³-hybridized carbons (Fsp3) is 0.343. The number of nitrogens with zero attached hydrogens (tertiary/aromatic N) is 3. The number of halogens is 7. The molecule has 0 radical (unpaired) electrons. The van der Waals surface area contributed by atoms with Crippen molar-refractivity contribution in [2.45, 2.75) is 30.7 Å². The average Bonchev–Trinajstić information content (AvgIpc) is 3.10. The fourth-order valence-corrected chi connectivity index (χ4v) is 6.67. The van der Waals surface area contributed by atoms with Gasteiger partial charge in [0.15, 0.2) is 11.6 Å². The van der Waals surface area contributed by atoms with Gasteiger partial charge in [0, 0.05) is 19.1 Å². The number of carbonyl (C=O) groups excluding carboxylic acids is 3. The number of ether oxygens (including phenoxy) is 2. The highest BCUT2D eigenvalue weighted by Gasteiger charge is 2.43. The van der Waals surface area contributed by atoms with Gasteiger partial charge in [-0.1, -0.05) is 24.3 Å². The summed E-state index contributed by atoms with van der Waals surface area (Å²) in [7, 11) is 2.28. The quantitative estimate of drug-likeness (QED) is 0.102. The minimum atomic E-state index is -1.79. The number of esters is 1. The molecule has 2 aliphatic heterocycles. The number of methoxy groups -OCH3 is 2. The fourth-order valence-electron chi connectivity index (χ4n) is 6.67. The molecule has 3 amide bonds. The van der Waals surface area contributed by atoms with Gasteiger partial charge in [-0.25, -0.2) is 41.6 Å². The molecule has 2 heterocycles. The highest BCUT2D eigenvalue weighted by Crippen LogP contribution is 2.42. The molecule has 0 saturated carbocycles. The number of rotatable bonds is 12. The molecule has 2 aliphatic rings. The van der Waals surface area contributed by atoms with E-state index in [1.54, 1.807) is 24.3 Å². The lowest BCUT2D eigenvalue weighted by atomic mass is 9.68. The van der Waals surface area contributed by atoms with Crippen LogP contribution in [-0.2, 0) is 24.5 Å². The van der Waals surface area contributed by atoms with Crippen molar-refractivity contribution in [3.8, 4) is 0 Å². The van der Waals surface area contributed by atoms with Crippen LogP contribution in [0.5, 0.6) is 0 Å². The van der Waals surface area contributed by atoms with Gasteiger partial charge in [-0.05, 0) is 86.4 Å². The number of benzene rings is 3. The molecule has 0 aromatic heterocycles. The zero-order valence-corrected chi connectivity index (χ0v) is 29.3. The average molecular weight is 760 g/mol. The van der Waals surface area contributed by atoms with Gasteiger partial charge in [0.1, 0.15) is 17.5 Å². The molecule has 1 fully saturated rings. The predicted octanol–water partition coefficient (Wildman–Crippen LogP) is 6.21. The maximum absolute atomic E-state index is 14.9. The summed E-state index contributed by atoms with van der Waals surface area (Å²) in [6.45, 7) is 1.28. The summed E-state index contributed by atoms with van der Waals surface area (Å²) in [6, 6.07) is 11.0. The molecule has 1 unspecified atom stereocenters. The van der Waals surface area contributed by atoms with E-state index in [4.69, 9.17) is 9.47 Å². The smallest absolute Gasteiger partial charge is 0.341 e. The summed E-state index contributed by atoms with van der Waals surface area (Å²) >= 11 is 0. The first-order chi connectivity index (χ1) is 23.5.